The quantitative estimate of drug-likeness (QED) is 0.747. The van der Waals surface area contributed by atoms with Crippen LogP contribution in [-0.4, -0.2) is 32.4 Å². The molecule has 2 heterocycles. The number of imidazole rings is 1. The Bertz CT molecular complexity index is 718. The monoisotopic (exact) mass is 267 g/mol. The van der Waals surface area contributed by atoms with Gasteiger partial charge in [-0.1, -0.05) is 6.07 Å². The molecule has 1 aromatic carbocycles. The van der Waals surface area contributed by atoms with Crippen LogP contribution in [0.1, 0.15) is 16.2 Å². The van der Waals surface area contributed by atoms with E-state index in [-0.39, 0.29) is 5.91 Å². The zero-order chi connectivity index (χ0) is 13.8. The van der Waals surface area contributed by atoms with Gasteiger partial charge in [-0.05, 0) is 12.1 Å². The molecular weight excluding hydrogens is 254 g/mol. The summed E-state index contributed by atoms with van der Waals surface area (Å²) in [6.45, 7) is 0.517. The van der Waals surface area contributed by atoms with E-state index in [2.05, 4.69) is 25.3 Å². The minimum atomic E-state index is -0.150. The van der Waals surface area contributed by atoms with E-state index in [0.29, 0.717) is 29.6 Å². The molecule has 2 N–H and O–H groups in total. The minimum Gasteiger partial charge on any atom is -0.352 e. The van der Waals surface area contributed by atoms with E-state index in [1.165, 1.54) is 0 Å². The molecular formula is C14H13N5O. The summed E-state index contributed by atoms with van der Waals surface area (Å²) in [5, 5.41) is 2.86. The molecule has 1 amide bonds. The first-order valence-corrected chi connectivity index (χ1v) is 6.31. The van der Waals surface area contributed by atoms with Crippen LogP contribution in [0.15, 0.2) is 43.0 Å². The van der Waals surface area contributed by atoms with Gasteiger partial charge in [0.05, 0.1) is 11.1 Å². The van der Waals surface area contributed by atoms with E-state index in [0.717, 1.165) is 5.82 Å². The van der Waals surface area contributed by atoms with Crippen LogP contribution in [0.5, 0.6) is 0 Å². The average molecular weight is 267 g/mol. The molecule has 20 heavy (non-hydrogen) atoms. The largest absolute Gasteiger partial charge is 0.352 e. The number of amides is 1. The zero-order valence-electron chi connectivity index (χ0n) is 10.7. The van der Waals surface area contributed by atoms with Gasteiger partial charge in [0, 0.05) is 37.8 Å². The minimum absolute atomic E-state index is 0.150. The van der Waals surface area contributed by atoms with Crippen molar-refractivity contribution < 1.29 is 4.79 Å². The summed E-state index contributed by atoms with van der Waals surface area (Å²) >= 11 is 0. The second-order valence-corrected chi connectivity index (χ2v) is 4.27. The number of benzene rings is 1. The standard InChI is InChI=1S/C14H13N5O/c20-14(19-5-4-12-16-7-8-17-12)10-2-1-3-11-13(10)18-9-6-15-11/h1-3,6-9H,4-5H2,(H,16,17)(H,19,20). The van der Waals surface area contributed by atoms with Crippen LogP contribution >= 0.6 is 0 Å². The van der Waals surface area contributed by atoms with Gasteiger partial charge in [-0.25, -0.2) is 4.98 Å². The fraction of sp³-hybridized carbons (Fsp3) is 0.143. The summed E-state index contributed by atoms with van der Waals surface area (Å²) in [6, 6.07) is 5.39. The van der Waals surface area contributed by atoms with Gasteiger partial charge in [0.15, 0.2) is 0 Å². The van der Waals surface area contributed by atoms with Crippen molar-refractivity contribution in [1.29, 1.82) is 0 Å². The Balaban J connectivity index is 1.72. The summed E-state index contributed by atoms with van der Waals surface area (Å²) in [4.78, 5) is 27.7. The molecule has 0 radical (unpaired) electrons. The maximum absolute atomic E-state index is 12.2. The summed E-state index contributed by atoms with van der Waals surface area (Å²) in [5.41, 5.74) is 1.87. The van der Waals surface area contributed by atoms with Gasteiger partial charge in [-0.3, -0.25) is 14.8 Å². The molecule has 0 saturated carbocycles. The number of nitrogens with zero attached hydrogens (tertiary/aromatic N) is 3. The van der Waals surface area contributed by atoms with Crippen LogP contribution in [0.3, 0.4) is 0 Å². The Morgan fingerprint density at radius 2 is 2.05 bits per heavy atom. The lowest BCUT2D eigenvalue weighted by atomic mass is 10.1. The van der Waals surface area contributed by atoms with Gasteiger partial charge >= 0.3 is 0 Å². The number of carbonyl (C=O) groups is 1. The molecule has 0 aliphatic carbocycles. The highest BCUT2D eigenvalue weighted by molar-refractivity contribution is 6.04. The third-order valence-electron chi connectivity index (χ3n) is 2.95. The molecule has 0 atom stereocenters. The second-order valence-electron chi connectivity index (χ2n) is 4.27. The van der Waals surface area contributed by atoms with Gasteiger partial charge in [-0.15, -0.1) is 0 Å². The van der Waals surface area contributed by atoms with E-state index in [1.54, 1.807) is 36.9 Å². The number of para-hydroxylation sites is 1. The summed E-state index contributed by atoms with van der Waals surface area (Å²) in [7, 11) is 0. The van der Waals surface area contributed by atoms with Crippen LogP contribution in [0.4, 0.5) is 0 Å². The Kier molecular flexibility index (Phi) is 3.36. The van der Waals surface area contributed by atoms with E-state index in [1.807, 2.05) is 6.07 Å². The van der Waals surface area contributed by atoms with Crippen LogP contribution < -0.4 is 5.32 Å². The SMILES string of the molecule is O=C(NCCc1ncc[nH]1)c1cccc2nccnc12. The van der Waals surface area contributed by atoms with Crippen molar-refractivity contribution in [2.24, 2.45) is 0 Å². The molecule has 3 aromatic rings. The molecule has 100 valence electrons. The van der Waals surface area contributed by atoms with Crippen molar-refractivity contribution in [3.05, 3.63) is 54.4 Å². The maximum atomic E-state index is 12.2. The summed E-state index contributed by atoms with van der Waals surface area (Å²) in [5.74, 6) is 0.700. The predicted molar refractivity (Wildman–Crippen MR) is 74.2 cm³/mol. The number of aromatic amines is 1. The fourth-order valence-corrected chi connectivity index (χ4v) is 2.00. The number of carbonyl (C=O) groups excluding carboxylic acids is 1. The molecule has 6 nitrogen and oxygen atoms in total. The lowest BCUT2D eigenvalue weighted by molar-refractivity contribution is 0.0955. The van der Waals surface area contributed by atoms with Gasteiger partial charge in [0.2, 0.25) is 0 Å². The van der Waals surface area contributed by atoms with Gasteiger partial charge < -0.3 is 10.3 Å². The molecule has 0 bridgehead atoms. The van der Waals surface area contributed by atoms with Crippen molar-refractivity contribution in [2.45, 2.75) is 6.42 Å². The van der Waals surface area contributed by atoms with E-state index < -0.39 is 0 Å². The Morgan fingerprint density at radius 3 is 2.90 bits per heavy atom. The first-order valence-electron chi connectivity index (χ1n) is 6.31. The lowest BCUT2D eigenvalue weighted by Crippen LogP contribution is -2.26. The van der Waals surface area contributed by atoms with Crippen LogP contribution in [-0.2, 0) is 6.42 Å². The van der Waals surface area contributed by atoms with Crippen molar-refractivity contribution in [3.63, 3.8) is 0 Å². The highest BCUT2D eigenvalue weighted by Gasteiger charge is 2.10. The first-order chi connectivity index (χ1) is 9.84. The Hall–Kier alpha value is -2.76. The third kappa shape index (κ3) is 2.49. The van der Waals surface area contributed by atoms with Crippen LogP contribution in [0, 0.1) is 0 Å². The van der Waals surface area contributed by atoms with Crippen molar-refractivity contribution >= 4 is 16.9 Å². The number of nitrogens with one attached hydrogen (secondary N) is 2. The number of hydrogen-bond donors (Lipinski definition) is 2. The third-order valence-corrected chi connectivity index (χ3v) is 2.95. The maximum Gasteiger partial charge on any atom is 0.253 e. The highest BCUT2D eigenvalue weighted by atomic mass is 16.1. The molecule has 0 aliphatic heterocycles. The molecule has 0 spiro atoms. The van der Waals surface area contributed by atoms with Gasteiger partial charge in [0.1, 0.15) is 11.3 Å². The Morgan fingerprint density at radius 1 is 1.15 bits per heavy atom. The molecule has 0 unspecified atom stereocenters. The number of hydrogen-bond acceptors (Lipinski definition) is 4. The van der Waals surface area contributed by atoms with Crippen LogP contribution in [0.2, 0.25) is 0 Å². The fourth-order valence-electron chi connectivity index (χ4n) is 2.00. The number of rotatable bonds is 4. The predicted octanol–water partition coefficient (Wildman–Crippen LogP) is 1.33. The molecule has 0 aliphatic rings. The number of H-pyrrole nitrogens is 1. The normalized spacial score (nSPS) is 10.6. The van der Waals surface area contributed by atoms with E-state index >= 15 is 0 Å². The number of aromatic nitrogens is 4. The smallest absolute Gasteiger partial charge is 0.253 e. The van der Waals surface area contributed by atoms with E-state index in [9.17, 15) is 4.79 Å². The average Bonchev–Trinajstić information content (AvgIpc) is 3.00. The topological polar surface area (TPSA) is 83.6 Å². The Labute approximate surface area is 115 Å². The van der Waals surface area contributed by atoms with Crippen molar-refractivity contribution in [3.8, 4) is 0 Å². The molecule has 0 saturated heterocycles. The van der Waals surface area contributed by atoms with Gasteiger partial charge in [-0.2, -0.15) is 0 Å². The zero-order valence-corrected chi connectivity index (χ0v) is 10.7. The second kappa shape index (κ2) is 5.48. The molecule has 3 rings (SSSR count). The van der Waals surface area contributed by atoms with Gasteiger partial charge in [0.25, 0.3) is 5.91 Å². The first kappa shape index (κ1) is 12.3. The van der Waals surface area contributed by atoms with Crippen molar-refractivity contribution in [2.75, 3.05) is 6.54 Å². The van der Waals surface area contributed by atoms with Crippen molar-refractivity contribution in [1.82, 2.24) is 25.3 Å². The summed E-state index contributed by atoms with van der Waals surface area (Å²) < 4.78 is 0. The number of fused-ring (bicyclic) bond motifs is 1. The molecule has 2 aromatic heterocycles. The lowest BCUT2D eigenvalue weighted by Gasteiger charge is -2.06. The highest BCUT2D eigenvalue weighted by Crippen LogP contribution is 2.13. The summed E-state index contributed by atoms with van der Waals surface area (Å²) in [6.07, 6.45) is 7.31. The molecule has 0 fully saturated rings. The van der Waals surface area contributed by atoms with Crippen LogP contribution in [0.25, 0.3) is 11.0 Å². The molecule has 6 heteroatoms. The van der Waals surface area contributed by atoms with E-state index in [4.69, 9.17) is 0 Å².